The molecule has 2 N–H and O–H groups in total. The van der Waals surface area contributed by atoms with E-state index in [1.54, 1.807) is 12.1 Å². The van der Waals surface area contributed by atoms with E-state index in [1.165, 1.54) is 18.3 Å². The molecule has 1 saturated heterocycles. The van der Waals surface area contributed by atoms with Crippen LogP contribution < -0.4 is 10.6 Å². The molecule has 5 rings (SSSR count). The summed E-state index contributed by atoms with van der Waals surface area (Å²) in [7, 11) is 0. The first-order valence-corrected chi connectivity index (χ1v) is 9.69. The van der Waals surface area contributed by atoms with Crippen molar-refractivity contribution in [3.05, 3.63) is 47.9 Å². The molecule has 162 valence electrons. The van der Waals surface area contributed by atoms with E-state index in [-0.39, 0.29) is 35.2 Å². The Labute approximate surface area is 179 Å². The van der Waals surface area contributed by atoms with Crippen LogP contribution in [0.5, 0.6) is 0 Å². The Balaban J connectivity index is 1.52. The minimum Gasteiger partial charge on any atom is -0.381 e. The highest BCUT2D eigenvalue weighted by atomic mass is 19.4. The third kappa shape index (κ3) is 3.90. The van der Waals surface area contributed by atoms with E-state index in [0.29, 0.717) is 30.7 Å². The first-order valence-electron chi connectivity index (χ1n) is 9.69. The molecule has 9 nitrogen and oxygen atoms in total. The molecule has 0 spiro atoms. The number of hydrogen-bond donors (Lipinski definition) is 2. The molecule has 2 fully saturated rings. The molecule has 2 unspecified atom stereocenters. The van der Waals surface area contributed by atoms with Crippen molar-refractivity contribution in [1.82, 2.24) is 24.9 Å². The van der Waals surface area contributed by atoms with Crippen LogP contribution in [0.15, 0.2) is 36.5 Å². The lowest BCUT2D eigenvalue weighted by Gasteiger charge is -2.12. The van der Waals surface area contributed by atoms with Gasteiger partial charge in [-0.1, -0.05) is 6.07 Å². The predicted molar refractivity (Wildman–Crippen MR) is 106 cm³/mol. The van der Waals surface area contributed by atoms with Crippen molar-refractivity contribution >= 4 is 17.6 Å². The van der Waals surface area contributed by atoms with Gasteiger partial charge >= 0.3 is 6.18 Å². The molecule has 0 amide bonds. The number of halogens is 3. The molecule has 1 aliphatic carbocycles. The van der Waals surface area contributed by atoms with Gasteiger partial charge in [-0.2, -0.15) is 33.4 Å². The number of alkyl halides is 3. The quantitative estimate of drug-likeness (QED) is 0.616. The van der Waals surface area contributed by atoms with Gasteiger partial charge in [0, 0.05) is 24.1 Å². The second-order valence-corrected chi connectivity index (χ2v) is 7.38. The Morgan fingerprint density at radius 1 is 1.00 bits per heavy atom. The molecule has 3 aromatic heterocycles. The van der Waals surface area contributed by atoms with Gasteiger partial charge in [0.2, 0.25) is 11.9 Å². The molecule has 1 saturated carbocycles. The lowest BCUT2D eigenvalue weighted by Crippen LogP contribution is -2.16. The first kappa shape index (κ1) is 20.1. The Morgan fingerprint density at radius 3 is 2.53 bits per heavy atom. The summed E-state index contributed by atoms with van der Waals surface area (Å²) in [6.07, 6.45) is -3.13. The lowest BCUT2D eigenvalue weighted by atomic mass is 10.3. The third-order valence-corrected chi connectivity index (χ3v) is 5.31. The second kappa shape index (κ2) is 7.69. The number of fused-ring (bicyclic) bond motifs is 1. The maximum atomic E-state index is 13.1. The standard InChI is InChI=1S/C20H15F3N8O/c21-20(22,23)15-5-1-3-13(26-15)17-29-18(27-12-4-2-6-25-14(12)7-24)31-19(30-17)28-16-10-8-32-9-11(10)16/h1-6,10-11,16H,8-9H2,(H2,27,28,29,30,31). The normalized spacial score (nSPS) is 21.5. The third-order valence-electron chi connectivity index (χ3n) is 5.31. The molecule has 0 bridgehead atoms. The summed E-state index contributed by atoms with van der Waals surface area (Å²) in [6.45, 7) is 1.28. The number of pyridine rings is 2. The fraction of sp³-hybridized carbons (Fsp3) is 0.300. The van der Waals surface area contributed by atoms with Gasteiger partial charge in [0.05, 0.1) is 18.9 Å². The van der Waals surface area contributed by atoms with E-state index >= 15 is 0 Å². The number of nitrogens with zero attached hydrogens (tertiary/aromatic N) is 6. The fourth-order valence-corrected chi connectivity index (χ4v) is 3.65. The van der Waals surface area contributed by atoms with Crippen LogP contribution in [0.4, 0.5) is 30.8 Å². The second-order valence-electron chi connectivity index (χ2n) is 7.38. The van der Waals surface area contributed by atoms with Crippen molar-refractivity contribution in [3.8, 4) is 17.6 Å². The summed E-state index contributed by atoms with van der Waals surface area (Å²) in [5.74, 6) is 0.894. The van der Waals surface area contributed by atoms with Crippen molar-refractivity contribution in [2.75, 3.05) is 23.8 Å². The molecule has 3 aromatic rings. The Kier molecular flexibility index (Phi) is 4.82. The molecule has 12 heteroatoms. The van der Waals surface area contributed by atoms with E-state index in [4.69, 9.17) is 4.74 Å². The summed E-state index contributed by atoms with van der Waals surface area (Å²) >= 11 is 0. The Hall–Kier alpha value is -3.85. The lowest BCUT2D eigenvalue weighted by molar-refractivity contribution is -0.141. The van der Waals surface area contributed by atoms with E-state index in [9.17, 15) is 18.4 Å². The number of nitriles is 1. The van der Waals surface area contributed by atoms with Crippen LogP contribution in [0, 0.1) is 23.2 Å². The summed E-state index contributed by atoms with van der Waals surface area (Å²) in [6, 6.07) is 8.84. The minimum absolute atomic E-state index is 0.0412. The predicted octanol–water partition coefficient (Wildman–Crippen LogP) is 3.02. The number of hydrogen-bond acceptors (Lipinski definition) is 9. The minimum atomic E-state index is -4.60. The van der Waals surface area contributed by atoms with Crippen LogP contribution >= 0.6 is 0 Å². The van der Waals surface area contributed by atoms with E-state index < -0.39 is 11.9 Å². The summed E-state index contributed by atoms with van der Waals surface area (Å²) in [4.78, 5) is 20.5. The van der Waals surface area contributed by atoms with Crippen LogP contribution in [-0.4, -0.2) is 44.2 Å². The van der Waals surface area contributed by atoms with E-state index in [0.717, 1.165) is 6.07 Å². The molecule has 4 heterocycles. The average molecular weight is 440 g/mol. The molecule has 0 aromatic carbocycles. The van der Waals surface area contributed by atoms with Crippen molar-refractivity contribution in [1.29, 1.82) is 5.26 Å². The molecular weight excluding hydrogens is 425 g/mol. The van der Waals surface area contributed by atoms with Gasteiger partial charge in [0.15, 0.2) is 11.5 Å². The van der Waals surface area contributed by atoms with Gasteiger partial charge in [0.1, 0.15) is 17.5 Å². The zero-order valence-corrected chi connectivity index (χ0v) is 16.3. The number of nitrogens with one attached hydrogen (secondary N) is 2. The Bertz CT molecular complexity index is 1200. The van der Waals surface area contributed by atoms with Crippen LogP contribution in [0.25, 0.3) is 11.5 Å². The highest BCUT2D eigenvalue weighted by Crippen LogP contribution is 2.45. The SMILES string of the molecule is N#Cc1ncccc1Nc1nc(NC2C3COCC32)nc(-c2cccc(C(F)(F)F)n2)n1. The van der Waals surface area contributed by atoms with E-state index in [1.807, 2.05) is 6.07 Å². The first-order chi connectivity index (χ1) is 15.4. The van der Waals surface area contributed by atoms with E-state index in [2.05, 4.69) is 35.6 Å². The zero-order chi connectivity index (χ0) is 22.3. The summed E-state index contributed by atoms with van der Waals surface area (Å²) < 4.78 is 44.8. The van der Waals surface area contributed by atoms with Gasteiger partial charge in [-0.15, -0.1) is 0 Å². The number of aromatic nitrogens is 5. The number of anilines is 3. The van der Waals surface area contributed by atoms with Gasteiger partial charge in [-0.25, -0.2) is 9.97 Å². The van der Waals surface area contributed by atoms with Crippen molar-refractivity contribution in [3.63, 3.8) is 0 Å². The monoisotopic (exact) mass is 440 g/mol. The Morgan fingerprint density at radius 2 is 1.78 bits per heavy atom. The van der Waals surface area contributed by atoms with Crippen LogP contribution in [0.3, 0.4) is 0 Å². The van der Waals surface area contributed by atoms with Gasteiger partial charge in [0.25, 0.3) is 0 Å². The molecule has 32 heavy (non-hydrogen) atoms. The van der Waals surface area contributed by atoms with Crippen molar-refractivity contribution in [2.45, 2.75) is 12.2 Å². The molecule has 0 radical (unpaired) electrons. The average Bonchev–Trinajstić information content (AvgIpc) is 3.18. The summed E-state index contributed by atoms with van der Waals surface area (Å²) in [5.41, 5.74) is -0.631. The van der Waals surface area contributed by atoms with Gasteiger partial charge in [-0.05, 0) is 24.3 Å². The van der Waals surface area contributed by atoms with Crippen LogP contribution in [0.1, 0.15) is 11.4 Å². The largest absolute Gasteiger partial charge is 0.433 e. The topological polar surface area (TPSA) is 122 Å². The smallest absolute Gasteiger partial charge is 0.381 e. The molecule has 2 aliphatic rings. The highest BCUT2D eigenvalue weighted by molar-refractivity contribution is 5.62. The number of rotatable bonds is 5. The van der Waals surface area contributed by atoms with Gasteiger partial charge < -0.3 is 15.4 Å². The highest BCUT2D eigenvalue weighted by Gasteiger charge is 2.54. The van der Waals surface area contributed by atoms with Gasteiger partial charge in [-0.3, -0.25) is 0 Å². The molecular formula is C20H15F3N8O. The molecule has 1 aliphatic heterocycles. The summed E-state index contributed by atoms with van der Waals surface area (Å²) in [5, 5.41) is 15.4. The van der Waals surface area contributed by atoms with Crippen molar-refractivity contribution < 1.29 is 17.9 Å². The maximum Gasteiger partial charge on any atom is 0.433 e. The number of ether oxygens (including phenoxy) is 1. The maximum absolute atomic E-state index is 13.1. The van der Waals surface area contributed by atoms with Crippen LogP contribution in [0.2, 0.25) is 0 Å². The van der Waals surface area contributed by atoms with Crippen LogP contribution in [-0.2, 0) is 10.9 Å². The zero-order valence-electron chi connectivity index (χ0n) is 16.3. The fourth-order valence-electron chi connectivity index (χ4n) is 3.65. The van der Waals surface area contributed by atoms with Crippen molar-refractivity contribution in [2.24, 2.45) is 11.8 Å². The molecule has 2 atom stereocenters.